The van der Waals surface area contributed by atoms with Gasteiger partial charge in [-0.1, -0.05) is 97.1 Å². The van der Waals surface area contributed by atoms with E-state index >= 15 is 0 Å². The molecule has 11 N–H and O–H groups in total. The number of quaternary nitrogens is 1. The van der Waals surface area contributed by atoms with Gasteiger partial charge in [0.25, 0.3) is 25.1 Å². The molecule has 0 aliphatic carbocycles. The molecule has 0 aliphatic rings. The fraction of sp³-hybridized carbons (Fsp3) is 0.423. The number of halogens is 12. The van der Waals surface area contributed by atoms with Crippen LogP contribution >= 0.6 is 0 Å². The van der Waals surface area contributed by atoms with E-state index in [1.54, 1.807) is 6.92 Å². The first-order valence-corrected chi connectivity index (χ1v) is 23.5. The fourth-order valence-corrected chi connectivity index (χ4v) is 6.36. The van der Waals surface area contributed by atoms with Crippen LogP contribution in [0.5, 0.6) is 0 Å². The van der Waals surface area contributed by atoms with E-state index in [1.165, 1.54) is 86.6 Å². The Morgan fingerprint density at radius 1 is 0.612 bits per heavy atom. The summed E-state index contributed by atoms with van der Waals surface area (Å²) in [4.78, 5) is 64.1. The maximum absolute atomic E-state index is 13.9. The number of ether oxygens (including phenoxy) is 1. The summed E-state index contributed by atoms with van der Waals surface area (Å²) in [5.41, 5.74) is 1.51. The third-order valence-corrected chi connectivity index (χ3v) is 10.2. The Kier molecular flexibility index (Phi) is 43.2. The van der Waals surface area contributed by atoms with Crippen LogP contribution in [0.25, 0.3) is 22.3 Å². The molecule has 0 spiro atoms. The molecule has 0 radical (unpaired) electrons. The number of carbonyl (C=O) groups is 6. The first-order valence-electron chi connectivity index (χ1n) is 23.5. The summed E-state index contributed by atoms with van der Waals surface area (Å²) in [6, 6.07) is 16.1. The number of rotatable bonds is 21. The average molecular weight is 1290 g/mol. The van der Waals surface area contributed by atoms with Crippen molar-refractivity contribution in [1.29, 1.82) is 0 Å². The molecule has 0 saturated heterocycles. The standard InChI is InChI=1S/C22H23F6NO3.C16H11F5O2.C8H16FNO2.C4H6O6.CH2O3.CH4O.2K.H/c1-21(2,25)11-16(20(31)32)29-18(22(26,27)28)15-9-5-13(6-10-15)12-3-7-14(8-4-12)17(30)19(23)24;17-15(18)13(22)11-5-1-9(2-6-11)10-3-7-12(8-4-10)14(23)16(19,20)21;1-4-12-7(11)6(10)5-8(2,3)9;5-1(3(7)8)2(6)4(9)10;2-1-4-3;1-2;;;/h3-10,16-19,29-30H,11H2,1-2H3,(H,31,32);1-8,13,15,22H;6H,4-5,10H2,1-3H3;1-2,5-6H,(H,7,8)(H,9,10);1,3H;2H,1H3;;;/q;;;;;;2*+1;-1/p-1/t16-,17+,18-;13-;6-;1-,2-;;;;;/m0101...../s1. The van der Waals surface area contributed by atoms with Crippen LogP contribution in [-0.4, -0.2) is 146 Å². The number of aliphatic carboxylic acids is 3. The largest absolute Gasteiger partial charge is 1.00 e. The average Bonchev–Trinajstić information content (AvgIpc) is 3.44. The van der Waals surface area contributed by atoms with Crippen molar-refractivity contribution in [2.75, 3.05) is 13.7 Å². The summed E-state index contributed by atoms with van der Waals surface area (Å²) in [5, 5.41) is 79.4. The molecule has 0 unspecified atom stereocenters. The van der Waals surface area contributed by atoms with Gasteiger partial charge in [-0.3, -0.25) is 19.7 Å². The molecule has 4 aromatic carbocycles. The first kappa shape index (κ1) is 87.4. The van der Waals surface area contributed by atoms with Crippen molar-refractivity contribution in [2.45, 2.75) is 127 Å². The third-order valence-electron chi connectivity index (χ3n) is 10.2. The smallest absolute Gasteiger partial charge is 1.00 e. The SMILES string of the molecule is CC(C)(F)C[C@H](N[C@@H](c1ccc(-c2ccc([C@@H](O)C(F)F)cc2)cc1)C(F)(F)F)C(=O)O.CCOC(=O)[C@@H]([NH3+])CC(C)(C)F.CO.O=C([O-])[C@H](O)[C@@H](O)C(=O)O.O=C(c1ccc(-c2ccc([C@@H](O)C(F)F)cc2)cc1)C(F)(F)F.O=CO[O-].[H-].[K+].[K+]. The van der Waals surface area contributed by atoms with Gasteiger partial charge in [-0.05, 0) is 73.6 Å². The maximum Gasteiger partial charge on any atom is 1.00 e. The molecule has 0 aliphatic heterocycles. The van der Waals surface area contributed by atoms with Crippen LogP contribution in [0.2, 0.25) is 0 Å². The third kappa shape index (κ3) is 35.0. The van der Waals surface area contributed by atoms with Crippen LogP contribution in [0.4, 0.5) is 52.7 Å². The van der Waals surface area contributed by atoms with Crippen LogP contribution in [-0.2, 0) is 33.6 Å². The molecule has 4 aromatic rings. The minimum absolute atomic E-state index is 0. The fourth-order valence-electron chi connectivity index (χ4n) is 6.36. The first-order chi connectivity index (χ1) is 38.1. The molecule has 0 bridgehead atoms. The van der Waals surface area contributed by atoms with Crippen LogP contribution in [0.3, 0.4) is 0 Å². The molecule has 33 heteroatoms. The minimum Gasteiger partial charge on any atom is -1.00 e. The number of hydrogen-bond donors (Lipinski definition) is 9. The van der Waals surface area contributed by atoms with Gasteiger partial charge in [0.1, 0.15) is 41.7 Å². The Hall–Kier alpha value is -3.99. The Morgan fingerprint density at radius 3 is 1.18 bits per heavy atom. The van der Waals surface area contributed by atoms with Crippen molar-refractivity contribution in [3.63, 3.8) is 0 Å². The molecule has 0 heterocycles. The Morgan fingerprint density at radius 2 is 0.941 bits per heavy atom. The van der Waals surface area contributed by atoms with E-state index in [1.807, 2.05) is 5.32 Å². The number of nitrogens with one attached hydrogen (secondary N) is 1. The van der Waals surface area contributed by atoms with E-state index in [4.69, 9.17) is 30.5 Å². The van der Waals surface area contributed by atoms with Crippen LogP contribution < -0.4 is 124 Å². The summed E-state index contributed by atoms with van der Waals surface area (Å²) < 4.78 is 159. The Bertz CT molecular complexity index is 2570. The molecule has 468 valence electrons. The van der Waals surface area contributed by atoms with E-state index in [0.29, 0.717) is 28.9 Å². The van der Waals surface area contributed by atoms with Crippen molar-refractivity contribution in [3.05, 3.63) is 119 Å². The predicted molar refractivity (Wildman–Crippen MR) is 263 cm³/mol. The summed E-state index contributed by atoms with van der Waals surface area (Å²) in [7, 11) is 1.00. The molecule has 7 atom stereocenters. The van der Waals surface area contributed by atoms with E-state index in [9.17, 15) is 97.1 Å². The van der Waals surface area contributed by atoms with Crippen LogP contribution in [0, 0.1) is 0 Å². The molecule has 0 amide bonds. The number of Topliss-reactive ketones (excluding diaryl/α,β-unsaturated/α-hetero) is 1. The molecule has 85 heavy (non-hydrogen) atoms. The molecular formula is C52H62F12K2N2O17. The number of esters is 1. The van der Waals surface area contributed by atoms with E-state index in [2.05, 4.69) is 15.4 Å². The molecule has 4 rings (SSSR count). The van der Waals surface area contributed by atoms with Crippen LogP contribution in [0.15, 0.2) is 97.1 Å². The second-order valence-corrected chi connectivity index (χ2v) is 17.9. The number of aliphatic hydroxyl groups excluding tert-OH is 5. The van der Waals surface area contributed by atoms with Gasteiger partial charge in [-0.25, -0.2) is 35.9 Å². The Balaban J connectivity index is -0.000000353. The number of carboxylic acids is 3. The predicted octanol–water partition coefficient (Wildman–Crippen LogP) is -1.16. The maximum atomic E-state index is 13.9. The van der Waals surface area contributed by atoms with Gasteiger partial charge in [0.2, 0.25) is 0 Å². The number of hydrogen-bond acceptors (Lipinski definition) is 16. The van der Waals surface area contributed by atoms with Gasteiger partial charge >= 0.3 is 133 Å². The van der Waals surface area contributed by atoms with E-state index in [0.717, 1.165) is 45.2 Å². The van der Waals surface area contributed by atoms with Gasteiger partial charge in [-0.15, -0.1) is 0 Å². The van der Waals surface area contributed by atoms with Gasteiger partial charge in [0.15, 0.2) is 12.1 Å². The van der Waals surface area contributed by atoms with Gasteiger partial charge in [0.05, 0.1) is 12.6 Å². The zero-order chi connectivity index (χ0) is 65.0. The molecule has 0 saturated carbocycles. The van der Waals surface area contributed by atoms with E-state index < -0.39 is 121 Å². The van der Waals surface area contributed by atoms with Crippen molar-refractivity contribution >= 4 is 36.1 Å². The molecule has 19 nitrogen and oxygen atoms in total. The summed E-state index contributed by atoms with van der Waals surface area (Å²) in [6.07, 6.45) is -24.7. The number of benzene rings is 4. The summed E-state index contributed by atoms with van der Waals surface area (Å²) in [6.45, 7) is 6.85. The van der Waals surface area contributed by atoms with Gasteiger partial charge in [-0.2, -0.15) is 26.3 Å². The number of aliphatic hydroxyl groups is 5. The molecular weight excluding hydrogens is 1230 g/mol. The molecule has 0 aromatic heterocycles. The number of carboxylic acid groups (broad SMARTS) is 3. The van der Waals surface area contributed by atoms with Gasteiger partial charge < -0.3 is 67.7 Å². The number of carbonyl (C=O) groups excluding carboxylic acids is 4. The summed E-state index contributed by atoms with van der Waals surface area (Å²) in [5.74, 6) is -7.79. The number of ketones is 1. The van der Waals surface area contributed by atoms with Gasteiger partial charge in [0, 0.05) is 25.5 Å². The monoisotopic (exact) mass is 1290 g/mol. The summed E-state index contributed by atoms with van der Waals surface area (Å²) >= 11 is 0. The quantitative estimate of drug-likeness (QED) is 0.00904. The van der Waals surface area contributed by atoms with Crippen LogP contribution in [0.1, 0.15) is 94.2 Å². The second kappa shape index (κ2) is 42.0. The number of alkyl halides is 12. The van der Waals surface area contributed by atoms with Crippen molar-refractivity contribution in [2.24, 2.45) is 0 Å². The van der Waals surface area contributed by atoms with Crippen molar-refractivity contribution in [1.82, 2.24) is 5.32 Å². The molecule has 0 fully saturated rings. The minimum atomic E-state index is -4.94. The second-order valence-electron chi connectivity index (χ2n) is 17.9. The van der Waals surface area contributed by atoms with Crippen molar-refractivity contribution in [3.8, 4) is 22.3 Å². The zero-order valence-corrected chi connectivity index (χ0v) is 52.8. The topological polar surface area (TPSA) is 348 Å². The zero-order valence-electron chi connectivity index (χ0n) is 47.6. The normalized spacial score (nSPS) is 13.5. The van der Waals surface area contributed by atoms with E-state index in [-0.39, 0.29) is 134 Å². The van der Waals surface area contributed by atoms with Crippen molar-refractivity contribution < 1.29 is 247 Å². The Labute approximate surface area is 564 Å².